The zero-order chi connectivity index (χ0) is 22.4. The molecule has 1 amide bonds. The van der Waals surface area contributed by atoms with E-state index in [1.165, 1.54) is 31.4 Å². The van der Waals surface area contributed by atoms with Gasteiger partial charge in [-0.25, -0.2) is 9.37 Å². The highest BCUT2D eigenvalue weighted by Gasteiger charge is 2.39. The summed E-state index contributed by atoms with van der Waals surface area (Å²) in [6.45, 7) is 0.0170. The average Bonchev–Trinajstić information content (AvgIpc) is 3.20. The van der Waals surface area contributed by atoms with Crippen LogP contribution in [0.15, 0.2) is 43.0 Å². The largest absolute Gasteiger partial charge is 0.326 e. The van der Waals surface area contributed by atoms with Crippen LogP contribution in [0.4, 0.5) is 27.9 Å². The van der Waals surface area contributed by atoms with Gasteiger partial charge in [-0.15, -0.1) is 0 Å². The molecule has 0 bridgehead atoms. The van der Waals surface area contributed by atoms with Crippen molar-refractivity contribution in [3.63, 3.8) is 0 Å². The molecule has 3 N–H and O–H groups in total. The monoisotopic (exact) mass is 448 g/mol. The number of aromatic nitrogens is 7. The molecule has 0 spiro atoms. The Hall–Kier alpha value is -4.09. The van der Waals surface area contributed by atoms with Crippen molar-refractivity contribution in [2.45, 2.75) is 37.4 Å². The van der Waals surface area contributed by atoms with Crippen LogP contribution in [-0.2, 0) is 4.79 Å². The van der Waals surface area contributed by atoms with Gasteiger partial charge in [0.1, 0.15) is 17.9 Å². The van der Waals surface area contributed by atoms with Crippen molar-refractivity contribution in [2.24, 2.45) is 0 Å². The number of H-pyrrole nitrogens is 1. The van der Waals surface area contributed by atoms with Crippen molar-refractivity contribution < 1.29 is 9.18 Å². The quantitative estimate of drug-likeness (QED) is 0.410. The van der Waals surface area contributed by atoms with Gasteiger partial charge in [-0.05, 0) is 25.0 Å². The number of hydrogen-bond donors (Lipinski definition) is 3. The average molecular weight is 448 g/mol. The molecule has 12 heteroatoms. The van der Waals surface area contributed by atoms with E-state index in [2.05, 4.69) is 40.8 Å². The lowest BCUT2D eigenvalue weighted by Gasteiger charge is -2.24. The normalized spacial score (nSPS) is 20.3. The molecule has 5 heterocycles. The topological polar surface area (TPSA) is 129 Å². The van der Waals surface area contributed by atoms with Crippen molar-refractivity contribution >= 4 is 35.1 Å². The lowest BCUT2D eigenvalue weighted by atomic mass is 10.2. The van der Waals surface area contributed by atoms with E-state index in [0.29, 0.717) is 29.1 Å². The lowest BCUT2D eigenvalue weighted by Crippen LogP contribution is -2.41. The Morgan fingerprint density at radius 3 is 2.94 bits per heavy atom. The molecule has 2 fully saturated rings. The van der Waals surface area contributed by atoms with E-state index in [-0.39, 0.29) is 24.8 Å². The van der Waals surface area contributed by atoms with Gasteiger partial charge in [0.2, 0.25) is 17.8 Å². The van der Waals surface area contributed by atoms with Crippen molar-refractivity contribution in [3.05, 3.63) is 48.7 Å². The van der Waals surface area contributed by atoms with Gasteiger partial charge in [-0.2, -0.15) is 15.1 Å². The minimum absolute atomic E-state index is 0.0170. The number of aromatic amines is 1. The Labute approximate surface area is 187 Å². The van der Waals surface area contributed by atoms with E-state index in [9.17, 15) is 9.18 Å². The summed E-state index contributed by atoms with van der Waals surface area (Å²) in [5.41, 5.74) is 1.71. The van der Waals surface area contributed by atoms with Gasteiger partial charge in [0.05, 0.1) is 12.7 Å². The molecule has 2 aliphatic rings. The summed E-state index contributed by atoms with van der Waals surface area (Å²) in [6, 6.07) is 4.87. The zero-order valence-corrected chi connectivity index (χ0v) is 17.5. The summed E-state index contributed by atoms with van der Waals surface area (Å²) in [4.78, 5) is 31.7. The van der Waals surface area contributed by atoms with Crippen LogP contribution < -0.4 is 15.5 Å². The number of rotatable bonds is 6. The van der Waals surface area contributed by atoms with E-state index >= 15 is 0 Å². The maximum absolute atomic E-state index is 14.5. The summed E-state index contributed by atoms with van der Waals surface area (Å²) in [6.07, 6.45) is 7.44. The van der Waals surface area contributed by atoms with Crippen LogP contribution in [0.3, 0.4) is 0 Å². The summed E-state index contributed by atoms with van der Waals surface area (Å²) in [5.74, 6) is 1.84. The predicted molar refractivity (Wildman–Crippen MR) is 118 cm³/mol. The molecule has 1 aliphatic carbocycles. The van der Waals surface area contributed by atoms with Crippen molar-refractivity contribution in [1.82, 2.24) is 34.5 Å². The molecule has 1 aliphatic heterocycles. The number of carbonyl (C=O) groups excluding carboxylic acids is 1. The number of amides is 1. The first-order chi connectivity index (χ1) is 16.1. The second-order valence-corrected chi connectivity index (χ2v) is 8.27. The number of alkyl halides is 1. The molecular formula is C21H21FN10O. The molecule has 33 heavy (non-hydrogen) atoms. The highest BCUT2D eigenvalue weighted by atomic mass is 19.1. The van der Waals surface area contributed by atoms with Crippen LogP contribution >= 0.6 is 0 Å². The number of nitrogens with zero attached hydrogens (tertiary/aromatic N) is 7. The summed E-state index contributed by atoms with van der Waals surface area (Å²) in [7, 11) is 0. The zero-order valence-electron chi connectivity index (χ0n) is 17.5. The van der Waals surface area contributed by atoms with Crippen LogP contribution in [0, 0.1) is 0 Å². The fourth-order valence-corrected chi connectivity index (χ4v) is 4.08. The summed E-state index contributed by atoms with van der Waals surface area (Å²) < 4.78 is 16.2. The van der Waals surface area contributed by atoms with Gasteiger partial charge in [0, 0.05) is 42.7 Å². The summed E-state index contributed by atoms with van der Waals surface area (Å²) in [5, 5.41) is 13.3. The third kappa shape index (κ3) is 3.83. The van der Waals surface area contributed by atoms with Gasteiger partial charge in [-0.3, -0.25) is 19.3 Å². The van der Waals surface area contributed by atoms with Gasteiger partial charge in [-0.1, -0.05) is 0 Å². The maximum atomic E-state index is 14.5. The van der Waals surface area contributed by atoms with Crippen molar-refractivity contribution in [1.29, 1.82) is 0 Å². The van der Waals surface area contributed by atoms with E-state index in [4.69, 9.17) is 0 Å². The fourth-order valence-electron chi connectivity index (χ4n) is 4.08. The van der Waals surface area contributed by atoms with E-state index < -0.39 is 12.2 Å². The third-order valence-electron chi connectivity index (χ3n) is 5.85. The van der Waals surface area contributed by atoms with Crippen molar-refractivity contribution in [3.8, 4) is 0 Å². The molecule has 4 aromatic heterocycles. The molecule has 4 aromatic rings. The minimum Gasteiger partial charge on any atom is -0.326 e. The molecule has 2 atom stereocenters. The number of halogens is 1. The summed E-state index contributed by atoms with van der Waals surface area (Å²) >= 11 is 0. The first-order valence-electron chi connectivity index (χ1n) is 10.8. The van der Waals surface area contributed by atoms with E-state index in [0.717, 1.165) is 5.69 Å². The predicted octanol–water partition coefficient (Wildman–Crippen LogP) is 2.42. The lowest BCUT2D eigenvalue weighted by molar-refractivity contribution is -0.117. The first-order valence-corrected chi connectivity index (χ1v) is 10.8. The number of nitrogens with one attached hydrogen (secondary N) is 3. The molecule has 11 nitrogen and oxygen atoms in total. The number of carbonyl (C=O) groups is 1. The SMILES string of the molecule is O=C(Nc1cnccn1)[C@@H]1C[C@@H](F)CN1c1nc(Nc2cc(C3CC3)[nH]n2)n2cccc2n1. The Morgan fingerprint density at radius 2 is 2.12 bits per heavy atom. The molecule has 0 radical (unpaired) electrons. The molecule has 0 unspecified atom stereocenters. The first kappa shape index (κ1) is 19.6. The molecule has 0 aromatic carbocycles. The van der Waals surface area contributed by atoms with Crippen LogP contribution in [-0.4, -0.2) is 59.2 Å². The Morgan fingerprint density at radius 1 is 1.21 bits per heavy atom. The van der Waals surface area contributed by atoms with Gasteiger partial charge < -0.3 is 15.5 Å². The van der Waals surface area contributed by atoms with Crippen molar-refractivity contribution in [2.75, 3.05) is 22.1 Å². The maximum Gasteiger partial charge on any atom is 0.248 e. The highest BCUT2D eigenvalue weighted by Crippen LogP contribution is 2.39. The van der Waals surface area contributed by atoms with Gasteiger partial charge >= 0.3 is 0 Å². The van der Waals surface area contributed by atoms with E-state index in [1.807, 2.05) is 24.4 Å². The van der Waals surface area contributed by atoms with Crippen LogP contribution in [0.1, 0.15) is 30.9 Å². The molecular weight excluding hydrogens is 427 g/mol. The second kappa shape index (κ2) is 7.80. The standard InChI is InChI=1S/C21H21FN10O/c22-13-8-15(19(33)25-17-10-23-5-6-24-17)32(11-13)21-27-18-2-1-7-31(18)20(28-21)26-16-9-14(29-30-16)12-3-4-12/h1-2,5-7,9-10,12-13,15H,3-4,8,11H2,(H,24,25,33)(H2,26,27,28,29,30)/t13-,15+/m1/s1. The number of anilines is 4. The third-order valence-corrected chi connectivity index (χ3v) is 5.85. The van der Waals surface area contributed by atoms with Gasteiger partial charge in [0.15, 0.2) is 11.6 Å². The Kier molecular flexibility index (Phi) is 4.63. The fraction of sp³-hybridized carbons (Fsp3) is 0.333. The molecule has 1 saturated carbocycles. The van der Waals surface area contributed by atoms with Crippen LogP contribution in [0.5, 0.6) is 0 Å². The second-order valence-electron chi connectivity index (χ2n) is 8.27. The smallest absolute Gasteiger partial charge is 0.248 e. The van der Waals surface area contributed by atoms with E-state index in [1.54, 1.807) is 9.30 Å². The molecule has 6 rings (SSSR count). The molecule has 1 saturated heterocycles. The van der Waals surface area contributed by atoms with Crippen LogP contribution in [0.2, 0.25) is 0 Å². The molecule has 168 valence electrons. The Bertz CT molecular complexity index is 1300. The van der Waals surface area contributed by atoms with Gasteiger partial charge in [0.25, 0.3) is 0 Å². The number of fused-ring (bicyclic) bond motifs is 1. The Balaban J connectivity index is 1.30. The van der Waals surface area contributed by atoms with Crippen LogP contribution in [0.25, 0.3) is 5.65 Å². The number of hydrogen-bond acceptors (Lipinski definition) is 8. The minimum atomic E-state index is -1.18. The highest BCUT2D eigenvalue weighted by molar-refractivity contribution is 5.96.